The summed E-state index contributed by atoms with van der Waals surface area (Å²) >= 11 is 6.15. The molecule has 0 unspecified atom stereocenters. The molecule has 0 aliphatic heterocycles. The van der Waals surface area contributed by atoms with E-state index in [4.69, 9.17) is 11.6 Å². The molecule has 2 rings (SSSR count). The van der Waals surface area contributed by atoms with Crippen LogP contribution in [0.2, 0.25) is 5.02 Å². The van der Waals surface area contributed by atoms with Crippen LogP contribution in [0.15, 0.2) is 0 Å². The minimum Gasteiger partial charge on any atom is -0.348 e. The van der Waals surface area contributed by atoms with E-state index in [9.17, 15) is 4.79 Å². The molecule has 1 aliphatic carbocycles. The Hall–Kier alpha value is -1.03. The van der Waals surface area contributed by atoms with Crippen LogP contribution in [0, 0.1) is 18.8 Å². The van der Waals surface area contributed by atoms with Gasteiger partial charge in [-0.05, 0) is 25.2 Å². The second-order valence-electron chi connectivity index (χ2n) is 5.72. The van der Waals surface area contributed by atoms with Crippen LogP contribution in [0.3, 0.4) is 0 Å². The van der Waals surface area contributed by atoms with E-state index in [0.29, 0.717) is 22.6 Å². The first-order valence-electron chi connectivity index (χ1n) is 6.91. The number of carbonyl (C=O) groups excluding carboxylic acids is 1. The third-order valence-corrected chi connectivity index (χ3v) is 4.95. The van der Waals surface area contributed by atoms with Gasteiger partial charge in [0.15, 0.2) is 5.69 Å². The molecule has 0 bridgehead atoms. The van der Waals surface area contributed by atoms with Crippen molar-refractivity contribution in [2.45, 2.75) is 46.1 Å². The molecule has 1 N–H and O–H groups in total. The van der Waals surface area contributed by atoms with E-state index in [1.54, 1.807) is 11.7 Å². The largest absolute Gasteiger partial charge is 0.348 e. The Morgan fingerprint density at radius 2 is 2.11 bits per heavy atom. The van der Waals surface area contributed by atoms with Crippen LogP contribution in [-0.2, 0) is 7.05 Å². The van der Waals surface area contributed by atoms with Crippen molar-refractivity contribution in [1.82, 2.24) is 15.1 Å². The molecular formula is C14H22ClN3O. The van der Waals surface area contributed by atoms with Crippen molar-refractivity contribution in [3.8, 4) is 0 Å². The van der Waals surface area contributed by atoms with E-state index in [0.717, 1.165) is 12.1 Å². The summed E-state index contributed by atoms with van der Waals surface area (Å²) in [6.45, 7) is 6.32. The lowest BCUT2D eigenvalue weighted by Crippen LogP contribution is -2.43. The number of rotatable bonds is 2. The molecule has 0 saturated heterocycles. The summed E-state index contributed by atoms with van der Waals surface area (Å²) in [7, 11) is 1.79. The number of hydrogen-bond donors (Lipinski definition) is 1. The number of amides is 1. The molecule has 0 radical (unpaired) electrons. The molecule has 1 heterocycles. The molecule has 1 aromatic heterocycles. The Kier molecular flexibility index (Phi) is 4.19. The zero-order chi connectivity index (χ0) is 14.2. The molecule has 5 heteroatoms. The normalized spacial score (nSPS) is 27.3. The number of nitrogens with zero attached hydrogens (tertiary/aromatic N) is 2. The second kappa shape index (κ2) is 5.53. The van der Waals surface area contributed by atoms with E-state index >= 15 is 0 Å². The molecule has 19 heavy (non-hydrogen) atoms. The lowest BCUT2D eigenvalue weighted by Gasteiger charge is -2.34. The van der Waals surface area contributed by atoms with E-state index in [1.807, 2.05) is 6.92 Å². The standard InChI is InChI=1S/C14H22ClN3O/c1-8-6-5-7-11(9(8)2)16-14(19)13-12(15)10(3)18(4)17-13/h8-9,11H,5-7H2,1-4H3,(H,16,19)/t8-,9-,11-/m0/s1. The highest BCUT2D eigenvalue weighted by atomic mass is 35.5. The Labute approximate surface area is 119 Å². The summed E-state index contributed by atoms with van der Waals surface area (Å²) in [6.07, 6.45) is 3.46. The molecule has 4 nitrogen and oxygen atoms in total. The van der Waals surface area contributed by atoms with Crippen molar-refractivity contribution in [2.75, 3.05) is 0 Å². The first kappa shape index (κ1) is 14.4. The van der Waals surface area contributed by atoms with Crippen LogP contribution in [0.1, 0.15) is 49.3 Å². The fourth-order valence-electron chi connectivity index (χ4n) is 2.75. The zero-order valence-corrected chi connectivity index (χ0v) is 12.8. The van der Waals surface area contributed by atoms with Crippen LogP contribution < -0.4 is 5.32 Å². The van der Waals surface area contributed by atoms with Crippen molar-refractivity contribution in [2.24, 2.45) is 18.9 Å². The Balaban J connectivity index is 2.10. The summed E-state index contributed by atoms with van der Waals surface area (Å²) < 4.78 is 1.64. The first-order chi connectivity index (χ1) is 8.91. The quantitative estimate of drug-likeness (QED) is 0.907. The third kappa shape index (κ3) is 2.78. The van der Waals surface area contributed by atoms with Crippen LogP contribution >= 0.6 is 11.6 Å². The molecule has 1 saturated carbocycles. The van der Waals surface area contributed by atoms with Gasteiger partial charge in [-0.25, -0.2) is 0 Å². The van der Waals surface area contributed by atoms with Crippen molar-refractivity contribution in [3.63, 3.8) is 0 Å². The number of hydrogen-bond acceptors (Lipinski definition) is 2. The molecule has 1 aliphatic rings. The maximum absolute atomic E-state index is 12.3. The lowest BCUT2D eigenvalue weighted by atomic mass is 9.78. The summed E-state index contributed by atoms with van der Waals surface area (Å²) in [5.41, 5.74) is 1.16. The second-order valence-corrected chi connectivity index (χ2v) is 6.10. The Morgan fingerprint density at radius 3 is 2.68 bits per heavy atom. The Bertz CT molecular complexity index is 483. The van der Waals surface area contributed by atoms with Gasteiger partial charge in [-0.2, -0.15) is 5.10 Å². The Morgan fingerprint density at radius 1 is 1.42 bits per heavy atom. The topological polar surface area (TPSA) is 46.9 Å². The van der Waals surface area contributed by atoms with Crippen molar-refractivity contribution in [1.29, 1.82) is 0 Å². The maximum Gasteiger partial charge on any atom is 0.273 e. The van der Waals surface area contributed by atoms with E-state index < -0.39 is 0 Å². The fraction of sp³-hybridized carbons (Fsp3) is 0.714. The molecule has 1 amide bonds. The van der Waals surface area contributed by atoms with Crippen LogP contribution in [-0.4, -0.2) is 21.7 Å². The highest BCUT2D eigenvalue weighted by Gasteiger charge is 2.29. The molecular weight excluding hydrogens is 262 g/mol. The molecule has 0 aromatic carbocycles. The van der Waals surface area contributed by atoms with Gasteiger partial charge in [0.25, 0.3) is 5.91 Å². The van der Waals surface area contributed by atoms with E-state index in [2.05, 4.69) is 24.3 Å². The van der Waals surface area contributed by atoms with Crippen molar-refractivity contribution in [3.05, 3.63) is 16.4 Å². The van der Waals surface area contributed by atoms with E-state index in [-0.39, 0.29) is 11.9 Å². The summed E-state index contributed by atoms with van der Waals surface area (Å²) in [5, 5.41) is 7.74. The number of halogens is 1. The molecule has 1 fully saturated rings. The van der Waals surface area contributed by atoms with Crippen molar-refractivity contribution >= 4 is 17.5 Å². The highest BCUT2D eigenvalue weighted by Crippen LogP contribution is 2.30. The molecule has 106 valence electrons. The minimum absolute atomic E-state index is 0.153. The fourth-order valence-corrected chi connectivity index (χ4v) is 3.00. The van der Waals surface area contributed by atoms with Gasteiger partial charge in [0.2, 0.25) is 0 Å². The molecule has 1 aromatic rings. The maximum atomic E-state index is 12.3. The third-order valence-electron chi connectivity index (χ3n) is 4.50. The number of carbonyl (C=O) groups is 1. The number of nitrogens with one attached hydrogen (secondary N) is 1. The molecule has 0 spiro atoms. The van der Waals surface area contributed by atoms with Gasteiger partial charge in [-0.3, -0.25) is 9.48 Å². The van der Waals surface area contributed by atoms with Gasteiger partial charge in [-0.15, -0.1) is 0 Å². The highest BCUT2D eigenvalue weighted by molar-refractivity contribution is 6.34. The average Bonchev–Trinajstić information content (AvgIpc) is 2.63. The first-order valence-corrected chi connectivity index (χ1v) is 7.29. The van der Waals surface area contributed by atoms with Crippen molar-refractivity contribution < 1.29 is 4.79 Å². The summed E-state index contributed by atoms with van der Waals surface area (Å²) in [5.74, 6) is 1.00. The van der Waals surface area contributed by atoms with Gasteiger partial charge < -0.3 is 5.32 Å². The zero-order valence-electron chi connectivity index (χ0n) is 12.0. The van der Waals surface area contributed by atoms with Gasteiger partial charge in [-0.1, -0.05) is 38.3 Å². The van der Waals surface area contributed by atoms with Gasteiger partial charge in [0.05, 0.1) is 10.7 Å². The smallest absolute Gasteiger partial charge is 0.273 e. The predicted molar refractivity (Wildman–Crippen MR) is 76.4 cm³/mol. The number of aryl methyl sites for hydroxylation is 1. The predicted octanol–water partition coefficient (Wildman–Crippen LogP) is 2.94. The molecule has 3 atom stereocenters. The SMILES string of the molecule is Cc1c(Cl)c(C(=O)N[C@H]2CCC[C@H](C)[C@@H]2C)nn1C. The van der Waals surface area contributed by atoms with Crippen LogP contribution in [0.5, 0.6) is 0 Å². The lowest BCUT2D eigenvalue weighted by molar-refractivity contribution is 0.0885. The monoisotopic (exact) mass is 283 g/mol. The number of aromatic nitrogens is 2. The average molecular weight is 284 g/mol. The van der Waals surface area contributed by atoms with E-state index in [1.165, 1.54) is 12.8 Å². The van der Waals surface area contributed by atoms with Crippen LogP contribution in [0.4, 0.5) is 0 Å². The van der Waals surface area contributed by atoms with Gasteiger partial charge in [0.1, 0.15) is 0 Å². The van der Waals surface area contributed by atoms with Gasteiger partial charge in [0, 0.05) is 13.1 Å². The summed E-state index contributed by atoms with van der Waals surface area (Å²) in [6, 6.07) is 0.231. The summed E-state index contributed by atoms with van der Waals surface area (Å²) in [4.78, 5) is 12.3. The van der Waals surface area contributed by atoms with Crippen LogP contribution in [0.25, 0.3) is 0 Å². The minimum atomic E-state index is -0.153. The van der Waals surface area contributed by atoms with Gasteiger partial charge >= 0.3 is 0 Å².